The van der Waals surface area contributed by atoms with E-state index in [0.29, 0.717) is 6.54 Å². The van der Waals surface area contributed by atoms with Gasteiger partial charge in [-0.05, 0) is 12.5 Å². The van der Waals surface area contributed by atoms with Crippen LogP contribution < -0.4 is 10.9 Å². The van der Waals surface area contributed by atoms with E-state index in [4.69, 9.17) is 9.84 Å². The van der Waals surface area contributed by atoms with E-state index in [2.05, 4.69) is 10.4 Å². The molecule has 0 aliphatic heterocycles. The molecule has 0 aromatic carbocycles. The minimum absolute atomic E-state index is 0.0899. The third kappa shape index (κ3) is 5.19. The predicted octanol–water partition coefficient (Wildman–Crippen LogP) is -0.516. The lowest BCUT2D eigenvalue weighted by Crippen LogP contribution is -2.31. The molecule has 1 heterocycles. The van der Waals surface area contributed by atoms with Crippen molar-refractivity contribution >= 4 is 11.9 Å². The molecule has 8 nitrogen and oxygen atoms in total. The molecular weight excluding hydrogens is 266 g/mol. The third-order valence-electron chi connectivity index (χ3n) is 2.29. The molecule has 20 heavy (non-hydrogen) atoms. The summed E-state index contributed by atoms with van der Waals surface area (Å²) in [5.41, 5.74) is -0.121. The van der Waals surface area contributed by atoms with E-state index < -0.39 is 18.5 Å². The average molecular weight is 283 g/mol. The normalized spacial score (nSPS) is 10.2. The van der Waals surface area contributed by atoms with Gasteiger partial charge in [0.25, 0.3) is 11.5 Å². The van der Waals surface area contributed by atoms with E-state index in [0.717, 1.165) is 6.42 Å². The highest BCUT2D eigenvalue weighted by atomic mass is 16.5. The summed E-state index contributed by atoms with van der Waals surface area (Å²) in [5, 5.41) is 14.8. The highest BCUT2D eigenvalue weighted by Crippen LogP contribution is 1.92. The molecule has 1 amide bonds. The van der Waals surface area contributed by atoms with Gasteiger partial charge in [-0.2, -0.15) is 5.10 Å². The van der Waals surface area contributed by atoms with Crippen LogP contribution in [0.3, 0.4) is 0 Å². The SMILES string of the molecule is CCCn1nc(C(=O)NCCOCC(=O)O)ccc1=O. The first kappa shape index (κ1) is 15.8. The Kier molecular flexibility index (Phi) is 6.38. The molecule has 1 aromatic heterocycles. The van der Waals surface area contributed by atoms with E-state index in [1.807, 2.05) is 6.92 Å². The lowest BCUT2D eigenvalue weighted by Gasteiger charge is -2.07. The Balaban J connectivity index is 2.49. The van der Waals surface area contributed by atoms with E-state index in [9.17, 15) is 14.4 Å². The summed E-state index contributed by atoms with van der Waals surface area (Å²) < 4.78 is 6.00. The van der Waals surface area contributed by atoms with Gasteiger partial charge in [0.1, 0.15) is 12.3 Å². The van der Waals surface area contributed by atoms with Crippen molar-refractivity contribution < 1.29 is 19.4 Å². The van der Waals surface area contributed by atoms with Crippen LogP contribution in [0.25, 0.3) is 0 Å². The molecule has 2 N–H and O–H groups in total. The van der Waals surface area contributed by atoms with Crippen molar-refractivity contribution in [2.24, 2.45) is 0 Å². The van der Waals surface area contributed by atoms with Gasteiger partial charge in [0.2, 0.25) is 0 Å². The highest BCUT2D eigenvalue weighted by Gasteiger charge is 2.08. The first-order valence-corrected chi connectivity index (χ1v) is 6.20. The van der Waals surface area contributed by atoms with Crippen LogP contribution >= 0.6 is 0 Å². The molecule has 0 atom stereocenters. The van der Waals surface area contributed by atoms with E-state index in [-0.39, 0.29) is 24.4 Å². The second-order valence-electron chi connectivity index (χ2n) is 3.98. The van der Waals surface area contributed by atoms with Crippen LogP contribution in [-0.4, -0.2) is 46.5 Å². The summed E-state index contributed by atoms with van der Waals surface area (Å²) in [4.78, 5) is 33.4. The van der Waals surface area contributed by atoms with Gasteiger partial charge < -0.3 is 15.2 Å². The number of nitrogens with zero attached hydrogens (tertiary/aromatic N) is 2. The van der Waals surface area contributed by atoms with Gasteiger partial charge in [0.05, 0.1) is 6.61 Å². The maximum absolute atomic E-state index is 11.7. The smallest absolute Gasteiger partial charge is 0.329 e. The van der Waals surface area contributed by atoms with Crippen molar-refractivity contribution in [2.45, 2.75) is 19.9 Å². The van der Waals surface area contributed by atoms with Crippen LogP contribution in [0.2, 0.25) is 0 Å². The van der Waals surface area contributed by atoms with Gasteiger partial charge >= 0.3 is 5.97 Å². The fourth-order valence-electron chi connectivity index (χ4n) is 1.43. The van der Waals surface area contributed by atoms with Crippen LogP contribution in [-0.2, 0) is 16.1 Å². The lowest BCUT2D eigenvalue weighted by molar-refractivity contribution is -0.142. The largest absolute Gasteiger partial charge is 0.480 e. The van der Waals surface area contributed by atoms with Crippen LogP contribution in [0, 0.1) is 0 Å². The summed E-state index contributed by atoms with van der Waals surface area (Å²) in [6.07, 6.45) is 0.737. The van der Waals surface area contributed by atoms with Crippen molar-refractivity contribution in [1.29, 1.82) is 0 Å². The average Bonchev–Trinajstić information content (AvgIpc) is 2.40. The molecule has 0 aliphatic rings. The molecule has 8 heteroatoms. The zero-order valence-electron chi connectivity index (χ0n) is 11.2. The standard InChI is InChI=1S/C12H17N3O5/c1-2-6-15-10(16)4-3-9(14-15)12(19)13-5-7-20-8-11(17)18/h3-4H,2,5-8H2,1H3,(H,13,19)(H,17,18). The van der Waals surface area contributed by atoms with Gasteiger partial charge in [-0.25, -0.2) is 9.48 Å². The molecular formula is C12H17N3O5. The molecule has 0 saturated carbocycles. The van der Waals surface area contributed by atoms with Crippen molar-refractivity contribution in [3.63, 3.8) is 0 Å². The van der Waals surface area contributed by atoms with Gasteiger partial charge in [-0.1, -0.05) is 6.92 Å². The van der Waals surface area contributed by atoms with Gasteiger partial charge in [0.15, 0.2) is 0 Å². The van der Waals surface area contributed by atoms with E-state index >= 15 is 0 Å². The van der Waals surface area contributed by atoms with Crippen molar-refractivity contribution in [2.75, 3.05) is 19.8 Å². The summed E-state index contributed by atoms with van der Waals surface area (Å²) in [6, 6.07) is 2.64. The molecule has 1 rings (SSSR count). The number of carbonyl (C=O) groups excluding carboxylic acids is 1. The van der Waals surface area contributed by atoms with E-state index in [1.165, 1.54) is 16.8 Å². The number of hydrogen-bond donors (Lipinski definition) is 2. The Hall–Kier alpha value is -2.22. The topological polar surface area (TPSA) is 111 Å². The molecule has 1 aromatic rings. The number of amides is 1. The number of carboxylic acid groups (broad SMARTS) is 1. The van der Waals surface area contributed by atoms with Gasteiger partial charge in [-0.15, -0.1) is 0 Å². The molecule has 0 saturated heterocycles. The number of aryl methyl sites for hydroxylation is 1. The summed E-state index contributed by atoms with van der Waals surface area (Å²) >= 11 is 0. The van der Waals surface area contributed by atoms with Crippen molar-refractivity contribution in [3.05, 3.63) is 28.2 Å². The van der Waals surface area contributed by atoms with Crippen LogP contribution in [0.4, 0.5) is 0 Å². The maximum Gasteiger partial charge on any atom is 0.329 e. The number of ether oxygens (including phenoxy) is 1. The number of rotatable bonds is 8. The second-order valence-corrected chi connectivity index (χ2v) is 3.98. The monoisotopic (exact) mass is 283 g/mol. The first-order valence-electron chi connectivity index (χ1n) is 6.20. The fourth-order valence-corrected chi connectivity index (χ4v) is 1.43. The molecule has 0 spiro atoms. The molecule has 0 bridgehead atoms. The van der Waals surface area contributed by atoms with Crippen molar-refractivity contribution in [1.82, 2.24) is 15.1 Å². The lowest BCUT2D eigenvalue weighted by atomic mass is 10.3. The van der Waals surface area contributed by atoms with Gasteiger partial charge in [-0.3, -0.25) is 9.59 Å². The second kappa shape index (κ2) is 8.05. The number of nitrogens with one attached hydrogen (secondary N) is 1. The Morgan fingerprint density at radius 3 is 2.85 bits per heavy atom. The summed E-state index contributed by atoms with van der Waals surface area (Å²) in [6.45, 7) is 2.20. The van der Waals surface area contributed by atoms with E-state index in [1.54, 1.807) is 0 Å². The van der Waals surface area contributed by atoms with Gasteiger partial charge in [0, 0.05) is 19.2 Å². The van der Waals surface area contributed by atoms with Crippen LogP contribution in [0.1, 0.15) is 23.8 Å². The number of carbonyl (C=O) groups is 2. The zero-order chi connectivity index (χ0) is 15.0. The Labute approximate surface area is 115 Å². The maximum atomic E-state index is 11.7. The molecule has 110 valence electrons. The quantitative estimate of drug-likeness (QED) is 0.621. The van der Waals surface area contributed by atoms with Crippen LogP contribution in [0.5, 0.6) is 0 Å². The molecule has 0 fully saturated rings. The highest BCUT2D eigenvalue weighted by molar-refractivity contribution is 5.91. The van der Waals surface area contributed by atoms with Crippen LogP contribution in [0.15, 0.2) is 16.9 Å². The predicted molar refractivity (Wildman–Crippen MR) is 69.6 cm³/mol. The fraction of sp³-hybridized carbons (Fsp3) is 0.500. The third-order valence-corrected chi connectivity index (χ3v) is 2.29. The minimum atomic E-state index is -1.07. The molecule has 0 radical (unpaired) electrons. The Morgan fingerprint density at radius 1 is 1.45 bits per heavy atom. The molecule has 0 aliphatic carbocycles. The number of aliphatic carboxylic acids is 1. The number of hydrogen-bond acceptors (Lipinski definition) is 5. The summed E-state index contributed by atoms with van der Waals surface area (Å²) in [5.74, 6) is -1.50. The zero-order valence-corrected chi connectivity index (χ0v) is 11.2. The van der Waals surface area contributed by atoms with Crippen molar-refractivity contribution in [3.8, 4) is 0 Å². The molecule has 0 unspecified atom stereocenters. The summed E-state index contributed by atoms with van der Waals surface area (Å²) in [7, 11) is 0. The minimum Gasteiger partial charge on any atom is -0.480 e. The first-order chi connectivity index (χ1) is 9.54. The Morgan fingerprint density at radius 2 is 2.20 bits per heavy atom. The number of aromatic nitrogens is 2. The Bertz CT molecular complexity index is 526. The number of carboxylic acids is 1.